The van der Waals surface area contributed by atoms with E-state index in [4.69, 9.17) is 11.1 Å². The van der Waals surface area contributed by atoms with E-state index >= 15 is 0 Å². The fraction of sp³-hybridized carbons (Fsp3) is 0.647. The van der Waals surface area contributed by atoms with Crippen LogP contribution in [-0.4, -0.2) is 8.11 Å². The summed E-state index contributed by atoms with van der Waals surface area (Å²) >= 11 is 6.32. The molecule has 1 heterocycles. The van der Waals surface area contributed by atoms with E-state index in [2.05, 4.69) is 0 Å². The predicted molar refractivity (Wildman–Crippen MR) is 86.4 cm³/mol. The smallest absolute Gasteiger partial charge is 0.159 e. The fourth-order valence-corrected chi connectivity index (χ4v) is 6.86. The Morgan fingerprint density at radius 2 is 1.48 bits per heavy atom. The molecular weight excluding hydrogens is 306 g/mol. The third-order valence-corrected chi connectivity index (χ3v) is 8.78. The van der Waals surface area contributed by atoms with Crippen molar-refractivity contribution in [3.8, 4) is 0 Å². The lowest BCUT2D eigenvalue weighted by molar-refractivity contribution is 0.216. The van der Waals surface area contributed by atoms with Crippen molar-refractivity contribution >= 4 is 19.2 Å². The Labute approximate surface area is 132 Å². The molecule has 0 spiro atoms. The Morgan fingerprint density at radius 1 is 0.857 bits per heavy atom. The van der Waals surface area contributed by atoms with Crippen LogP contribution in [0.4, 0.5) is 8.78 Å². The van der Waals surface area contributed by atoms with Crippen molar-refractivity contribution in [1.82, 2.24) is 0 Å². The highest BCUT2D eigenvalue weighted by molar-refractivity contribution is 7.07. The zero-order chi connectivity index (χ0) is 14.8. The first-order valence-corrected chi connectivity index (χ1v) is 11.6. The summed E-state index contributed by atoms with van der Waals surface area (Å²) in [6.45, 7) is 0. The van der Waals surface area contributed by atoms with Gasteiger partial charge in [-0.05, 0) is 73.2 Å². The minimum atomic E-state index is -0.864. The monoisotopic (exact) mass is 328 g/mol. The van der Waals surface area contributed by atoms with Crippen molar-refractivity contribution in [2.24, 2.45) is 11.8 Å². The first-order valence-electron chi connectivity index (χ1n) is 8.22. The van der Waals surface area contributed by atoms with Crippen LogP contribution in [0, 0.1) is 23.5 Å². The summed E-state index contributed by atoms with van der Waals surface area (Å²) in [5, 5.41) is 0. The Hall–Kier alpha value is -0.413. The molecule has 1 aliphatic heterocycles. The van der Waals surface area contributed by atoms with Gasteiger partial charge in [0, 0.05) is 0 Å². The van der Waals surface area contributed by atoms with Gasteiger partial charge in [-0.3, -0.25) is 0 Å². The topological polar surface area (TPSA) is 0 Å². The van der Waals surface area contributed by atoms with Gasteiger partial charge in [-0.25, -0.2) is 8.78 Å². The first kappa shape index (κ1) is 15.5. The molecule has 2 fully saturated rings. The normalized spacial score (nSPS) is 33.9. The zero-order valence-electron chi connectivity index (χ0n) is 12.3. The molecule has 0 N–H and O–H groups in total. The van der Waals surface area contributed by atoms with Crippen LogP contribution in [0.15, 0.2) is 18.2 Å². The van der Waals surface area contributed by atoms with Gasteiger partial charge in [0.05, 0.1) is 0 Å². The molecule has 2 aliphatic rings. The van der Waals surface area contributed by atoms with E-state index < -0.39 is 19.7 Å². The van der Waals surface area contributed by atoms with Crippen LogP contribution >= 0.6 is 11.1 Å². The number of rotatable bonds is 2. The number of hydrogen-bond acceptors (Lipinski definition) is 0. The van der Waals surface area contributed by atoms with Crippen molar-refractivity contribution in [3.05, 3.63) is 35.4 Å². The summed E-state index contributed by atoms with van der Waals surface area (Å²) in [4.78, 5) is 0. The minimum Gasteiger partial charge on any atom is -0.204 e. The third-order valence-electron chi connectivity index (χ3n) is 5.55. The molecule has 0 atom stereocenters. The maximum Gasteiger partial charge on any atom is 0.159 e. The molecule has 0 aromatic heterocycles. The molecule has 4 heteroatoms. The predicted octanol–water partition coefficient (Wildman–Crippen LogP) is 5.61. The maximum atomic E-state index is 13.4. The Morgan fingerprint density at radius 3 is 2.10 bits per heavy atom. The molecule has 1 saturated heterocycles. The van der Waals surface area contributed by atoms with E-state index in [1.807, 2.05) is 0 Å². The fourth-order valence-electron chi connectivity index (χ4n) is 4.24. The number of benzene rings is 1. The summed E-state index contributed by atoms with van der Waals surface area (Å²) in [5.74, 6) is 0.674. The molecule has 1 aromatic carbocycles. The molecule has 1 saturated carbocycles. The van der Waals surface area contributed by atoms with Gasteiger partial charge in [-0.2, -0.15) is 11.1 Å². The van der Waals surface area contributed by atoms with Gasteiger partial charge in [0.25, 0.3) is 0 Å². The van der Waals surface area contributed by atoms with Crippen LogP contribution in [0.25, 0.3) is 0 Å². The van der Waals surface area contributed by atoms with E-state index in [0.29, 0.717) is 5.92 Å². The average molecular weight is 329 g/mol. The van der Waals surface area contributed by atoms with E-state index in [-0.39, 0.29) is 0 Å². The van der Waals surface area contributed by atoms with Gasteiger partial charge in [0.15, 0.2) is 11.6 Å². The lowest BCUT2D eigenvalue weighted by Crippen LogP contribution is -2.26. The Balaban J connectivity index is 1.56. The second-order valence-corrected chi connectivity index (χ2v) is 11.0. The van der Waals surface area contributed by atoms with Crippen LogP contribution in [0.3, 0.4) is 0 Å². The summed E-state index contributed by atoms with van der Waals surface area (Å²) < 4.78 is 26.4. The molecule has 0 amide bonds. The van der Waals surface area contributed by atoms with Crippen LogP contribution in [0.1, 0.15) is 50.0 Å². The molecule has 1 aliphatic carbocycles. The van der Waals surface area contributed by atoms with E-state index in [1.165, 1.54) is 49.9 Å². The van der Waals surface area contributed by atoms with Crippen molar-refractivity contribution in [2.75, 3.05) is 0 Å². The Bertz CT molecular complexity index is 478. The molecule has 0 radical (unpaired) electrons. The van der Waals surface area contributed by atoms with Gasteiger partial charge >= 0.3 is 0 Å². The van der Waals surface area contributed by atoms with Gasteiger partial charge in [0.1, 0.15) is 8.11 Å². The lowest BCUT2D eigenvalue weighted by atomic mass is 9.72. The highest BCUT2D eigenvalue weighted by Crippen LogP contribution is 2.43. The maximum absolute atomic E-state index is 13.4. The largest absolute Gasteiger partial charge is 0.204 e. The first-order chi connectivity index (χ1) is 10.1. The van der Waals surface area contributed by atoms with Crippen molar-refractivity contribution in [3.63, 3.8) is 0 Å². The standard InChI is InChI=1S/C17H23ClF2Si/c18-21-9-7-14(8-10-21)12-1-3-13(4-2-12)15-5-6-16(19)17(20)11-15/h5-6,11-14,21H,1-4,7-10H2/t12?,13?,14-,21-. The zero-order valence-corrected chi connectivity index (χ0v) is 14.2. The summed E-state index contributed by atoms with van der Waals surface area (Å²) in [5.41, 5.74) is 0.976. The number of halogens is 3. The van der Waals surface area contributed by atoms with E-state index in [1.54, 1.807) is 6.07 Å². The second kappa shape index (κ2) is 6.78. The SMILES string of the molecule is Fc1ccc(C2CCC([C@H]3CC[Si@H](Cl)CC3)CC2)cc1F. The molecule has 0 bridgehead atoms. The van der Waals surface area contributed by atoms with Gasteiger partial charge in [0.2, 0.25) is 0 Å². The van der Waals surface area contributed by atoms with Crippen LogP contribution in [0.2, 0.25) is 12.1 Å². The van der Waals surface area contributed by atoms with Gasteiger partial charge in [-0.1, -0.05) is 18.9 Å². The molecule has 21 heavy (non-hydrogen) atoms. The minimum absolute atomic E-state index is 0.412. The van der Waals surface area contributed by atoms with Crippen molar-refractivity contribution in [1.29, 1.82) is 0 Å². The summed E-state index contributed by atoms with van der Waals surface area (Å²) in [7, 11) is -0.864. The second-order valence-electron chi connectivity index (χ2n) is 6.80. The molecule has 0 nitrogen and oxygen atoms in total. The molecule has 3 rings (SSSR count). The lowest BCUT2D eigenvalue weighted by Gasteiger charge is -2.36. The van der Waals surface area contributed by atoms with Crippen molar-refractivity contribution < 1.29 is 8.78 Å². The molecule has 116 valence electrons. The van der Waals surface area contributed by atoms with Crippen LogP contribution in [-0.2, 0) is 0 Å². The Kier molecular flexibility index (Phi) is 5.00. The van der Waals surface area contributed by atoms with Gasteiger partial charge in [-0.15, -0.1) is 0 Å². The molecule has 0 unspecified atom stereocenters. The van der Waals surface area contributed by atoms with E-state index in [0.717, 1.165) is 30.2 Å². The third kappa shape index (κ3) is 3.68. The molecule has 1 aromatic rings. The number of hydrogen-bond donors (Lipinski definition) is 0. The molecular formula is C17H23ClF2Si. The average Bonchev–Trinajstić information content (AvgIpc) is 2.51. The van der Waals surface area contributed by atoms with Crippen molar-refractivity contribution in [2.45, 2.75) is 56.5 Å². The quantitative estimate of drug-likeness (QED) is 0.489. The summed E-state index contributed by atoms with van der Waals surface area (Å²) in [6.07, 6.45) is 7.38. The van der Waals surface area contributed by atoms with Crippen LogP contribution in [0.5, 0.6) is 0 Å². The highest BCUT2D eigenvalue weighted by Gasteiger charge is 2.31. The van der Waals surface area contributed by atoms with E-state index in [9.17, 15) is 8.78 Å². The highest BCUT2D eigenvalue weighted by atomic mass is 35.6. The van der Waals surface area contributed by atoms with Crippen LogP contribution < -0.4 is 0 Å². The van der Waals surface area contributed by atoms with Gasteiger partial charge < -0.3 is 0 Å². The summed E-state index contributed by atoms with van der Waals surface area (Å²) in [6, 6.07) is 7.02.